The molecule has 1 saturated heterocycles. The molecule has 0 aromatic rings. The van der Waals surface area contributed by atoms with Crippen LogP contribution in [0.5, 0.6) is 0 Å². The van der Waals surface area contributed by atoms with Crippen LogP contribution in [-0.2, 0) is 9.53 Å². The third-order valence-corrected chi connectivity index (χ3v) is 3.81. The van der Waals surface area contributed by atoms with Crippen molar-refractivity contribution in [3.8, 4) is 0 Å². The summed E-state index contributed by atoms with van der Waals surface area (Å²) in [5.74, 6) is 0.743. The lowest BCUT2D eigenvalue weighted by molar-refractivity contribution is -0.143. The molecule has 0 aromatic carbocycles. The second kappa shape index (κ2) is 7.31. The van der Waals surface area contributed by atoms with Crippen molar-refractivity contribution in [3.05, 3.63) is 0 Å². The van der Waals surface area contributed by atoms with Crippen LogP contribution in [-0.4, -0.2) is 43.7 Å². The highest BCUT2D eigenvalue weighted by Crippen LogP contribution is 2.34. The summed E-state index contributed by atoms with van der Waals surface area (Å²) in [5.41, 5.74) is 5.85. The van der Waals surface area contributed by atoms with Gasteiger partial charge in [-0.2, -0.15) is 0 Å². The highest BCUT2D eigenvalue weighted by atomic mass is 35.5. The molecule has 0 radical (unpaired) electrons. The van der Waals surface area contributed by atoms with Gasteiger partial charge in [0.05, 0.1) is 0 Å². The second-order valence-corrected chi connectivity index (χ2v) is 5.93. The van der Waals surface area contributed by atoms with Gasteiger partial charge in [0, 0.05) is 26.7 Å². The predicted octanol–water partition coefficient (Wildman–Crippen LogP) is 1.67. The van der Waals surface area contributed by atoms with E-state index in [0.717, 1.165) is 25.9 Å². The second-order valence-electron chi connectivity index (χ2n) is 5.93. The number of hydrogen-bond acceptors (Lipinski definition) is 3. The fraction of sp³-hybridized carbons (Fsp3) is 0.923. The number of carbonyl (C=O) groups is 1. The van der Waals surface area contributed by atoms with Crippen molar-refractivity contribution in [2.75, 3.05) is 26.7 Å². The third-order valence-electron chi connectivity index (χ3n) is 3.81. The van der Waals surface area contributed by atoms with Gasteiger partial charge in [-0.1, -0.05) is 20.8 Å². The summed E-state index contributed by atoms with van der Waals surface area (Å²) < 4.78 is 5.09. The van der Waals surface area contributed by atoms with Crippen LogP contribution in [0.3, 0.4) is 0 Å². The standard InChI is InChI=1S/C13H26N2O2.ClH/c1-13(2,3)10-5-7-15(8-6-10)12(16)11(9-14)17-4;/h10-11H,5-9,14H2,1-4H3;1H. The Hall–Kier alpha value is -0.320. The number of hydrogen-bond donors (Lipinski definition) is 1. The summed E-state index contributed by atoms with van der Waals surface area (Å²) in [6.45, 7) is 8.74. The van der Waals surface area contributed by atoms with Gasteiger partial charge in [0.1, 0.15) is 6.10 Å². The van der Waals surface area contributed by atoms with Crippen LogP contribution >= 0.6 is 12.4 Å². The van der Waals surface area contributed by atoms with E-state index >= 15 is 0 Å². The summed E-state index contributed by atoms with van der Waals surface area (Å²) >= 11 is 0. The molecule has 1 fully saturated rings. The van der Waals surface area contributed by atoms with E-state index in [4.69, 9.17) is 10.5 Å². The van der Waals surface area contributed by atoms with Crippen molar-refractivity contribution in [2.24, 2.45) is 17.1 Å². The number of amides is 1. The Balaban J connectivity index is 0.00000289. The van der Waals surface area contributed by atoms with Gasteiger partial charge < -0.3 is 15.4 Å². The molecule has 1 unspecified atom stereocenters. The molecule has 0 spiro atoms. The maximum atomic E-state index is 12.0. The molecular weight excluding hydrogens is 252 g/mol. The number of nitrogens with two attached hydrogens (primary N) is 1. The summed E-state index contributed by atoms with van der Waals surface area (Å²) in [7, 11) is 1.54. The van der Waals surface area contributed by atoms with Crippen LogP contribution in [0.15, 0.2) is 0 Å². The van der Waals surface area contributed by atoms with E-state index < -0.39 is 6.10 Å². The zero-order valence-electron chi connectivity index (χ0n) is 11.9. The Kier molecular flexibility index (Phi) is 7.18. The number of rotatable bonds is 3. The first-order valence-corrected chi connectivity index (χ1v) is 6.41. The minimum Gasteiger partial charge on any atom is -0.370 e. The summed E-state index contributed by atoms with van der Waals surface area (Å²) in [5, 5.41) is 0. The Labute approximate surface area is 117 Å². The first kappa shape index (κ1) is 17.7. The van der Waals surface area contributed by atoms with Gasteiger partial charge >= 0.3 is 0 Å². The molecule has 0 bridgehead atoms. The molecule has 0 aromatic heterocycles. The van der Waals surface area contributed by atoms with Gasteiger partial charge in [0.15, 0.2) is 0 Å². The monoisotopic (exact) mass is 278 g/mol. The molecule has 1 heterocycles. The first-order chi connectivity index (χ1) is 7.90. The SMILES string of the molecule is COC(CN)C(=O)N1CCC(C(C)(C)C)CC1.Cl. The van der Waals surface area contributed by atoms with Crippen LogP contribution in [0.4, 0.5) is 0 Å². The molecule has 1 atom stereocenters. The maximum absolute atomic E-state index is 12.0. The average Bonchev–Trinajstić information content (AvgIpc) is 2.29. The van der Waals surface area contributed by atoms with E-state index in [1.807, 2.05) is 4.90 Å². The molecular formula is C13H27ClN2O2. The topological polar surface area (TPSA) is 55.6 Å². The largest absolute Gasteiger partial charge is 0.370 e. The van der Waals surface area contributed by atoms with Crippen LogP contribution in [0, 0.1) is 11.3 Å². The number of ether oxygens (including phenoxy) is 1. The molecule has 5 heteroatoms. The molecule has 1 rings (SSSR count). The molecule has 0 aliphatic carbocycles. The Morgan fingerprint density at radius 2 is 1.89 bits per heavy atom. The van der Waals surface area contributed by atoms with Crippen molar-refractivity contribution in [2.45, 2.75) is 39.7 Å². The molecule has 1 amide bonds. The summed E-state index contributed by atoms with van der Waals surface area (Å²) in [4.78, 5) is 13.9. The first-order valence-electron chi connectivity index (χ1n) is 6.41. The number of halogens is 1. The molecule has 2 N–H and O–H groups in total. The molecule has 108 valence electrons. The predicted molar refractivity (Wildman–Crippen MR) is 75.9 cm³/mol. The number of carbonyl (C=O) groups excluding carboxylic acids is 1. The number of piperidine rings is 1. The fourth-order valence-corrected chi connectivity index (χ4v) is 2.47. The van der Waals surface area contributed by atoms with E-state index in [0.29, 0.717) is 11.3 Å². The molecule has 18 heavy (non-hydrogen) atoms. The van der Waals surface area contributed by atoms with Crippen molar-refractivity contribution in [1.82, 2.24) is 4.90 Å². The normalized spacial score (nSPS) is 19.3. The fourth-order valence-electron chi connectivity index (χ4n) is 2.47. The zero-order chi connectivity index (χ0) is 13.1. The van der Waals surface area contributed by atoms with Crippen molar-refractivity contribution >= 4 is 18.3 Å². The van der Waals surface area contributed by atoms with Gasteiger partial charge in [-0.05, 0) is 24.2 Å². The van der Waals surface area contributed by atoms with Crippen molar-refractivity contribution in [3.63, 3.8) is 0 Å². The lowest BCUT2D eigenvalue weighted by atomic mass is 9.75. The average molecular weight is 279 g/mol. The Bertz CT molecular complexity index is 254. The summed E-state index contributed by atoms with van der Waals surface area (Å²) in [6.07, 6.45) is 1.69. The van der Waals surface area contributed by atoms with Crippen molar-refractivity contribution < 1.29 is 9.53 Å². The van der Waals surface area contributed by atoms with Crippen LogP contribution < -0.4 is 5.73 Å². The van der Waals surface area contributed by atoms with E-state index in [1.54, 1.807) is 0 Å². The minimum atomic E-state index is -0.471. The quantitative estimate of drug-likeness (QED) is 0.854. The summed E-state index contributed by atoms with van der Waals surface area (Å²) in [6, 6.07) is 0. The maximum Gasteiger partial charge on any atom is 0.253 e. The van der Waals surface area contributed by atoms with E-state index in [-0.39, 0.29) is 24.9 Å². The van der Waals surface area contributed by atoms with Gasteiger partial charge in [0.2, 0.25) is 0 Å². The van der Waals surface area contributed by atoms with E-state index in [2.05, 4.69) is 20.8 Å². The Morgan fingerprint density at radius 3 is 2.22 bits per heavy atom. The Morgan fingerprint density at radius 1 is 1.39 bits per heavy atom. The van der Waals surface area contributed by atoms with Gasteiger partial charge in [-0.3, -0.25) is 4.79 Å². The van der Waals surface area contributed by atoms with Gasteiger partial charge in [0.25, 0.3) is 5.91 Å². The highest BCUT2D eigenvalue weighted by molar-refractivity contribution is 5.85. The molecule has 0 saturated carbocycles. The van der Waals surface area contributed by atoms with Gasteiger partial charge in [-0.15, -0.1) is 12.4 Å². The smallest absolute Gasteiger partial charge is 0.253 e. The minimum absolute atomic E-state index is 0. The number of likely N-dealkylation sites (tertiary alicyclic amines) is 1. The lowest BCUT2D eigenvalue weighted by Gasteiger charge is -2.39. The zero-order valence-corrected chi connectivity index (χ0v) is 12.8. The van der Waals surface area contributed by atoms with Crippen LogP contribution in [0.2, 0.25) is 0 Å². The van der Waals surface area contributed by atoms with Crippen LogP contribution in [0.25, 0.3) is 0 Å². The van der Waals surface area contributed by atoms with E-state index in [1.165, 1.54) is 7.11 Å². The lowest BCUT2D eigenvalue weighted by Crippen LogP contribution is -2.48. The molecule has 1 aliphatic rings. The molecule has 1 aliphatic heterocycles. The third kappa shape index (κ3) is 4.41. The number of methoxy groups -OCH3 is 1. The molecule has 4 nitrogen and oxygen atoms in total. The highest BCUT2D eigenvalue weighted by Gasteiger charge is 2.32. The van der Waals surface area contributed by atoms with E-state index in [9.17, 15) is 4.79 Å². The van der Waals surface area contributed by atoms with Crippen LogP contribution in [0.1, 0.15) is 33.6 Å². The van der Waals surface area contributed by atoms with Gasteiger partial charge in [-0.25, -0.2) is 0 Å². The van der Waals surface area contributed by atoms with Crippen molar-refractivity contribution in [1.29, 1.82) is 0 Å². The number of nitrogens with zero attached hydrogens (tertiary/aromatic N) is 1.